The highest BCUT2D eigenvalue weighted by atomic mass is 16.6. The summed E-state index contributed by atoms with van der Waals surface area (Å²) in [6.45, 7) is 1.40. The molecule has 0 saturated carbocycles. The second-order valence-electron chi connectivity index (χ2n) is 5.96. The lowest BCUT2D eigenvalue weighted by Crippen LogP contribution is -2.45. The smallest absolute Gasteiger partial charge is 0.293 e. The van der Waals surface area contributed by atoms with E-state index < -0.39 is 6.10 Å². The number of benzene rings is 2. The highest BCUT2D eigenvalue weighted by Crippen LogP contribution is 2.22. The molecule has 2 aromatic rings. The Morgan fingerprint density at radius 1 is 0.885 bits per heavy atom. The Balaban J connectivity index is 1.65. The molecular weight excluding hydrogens is 332 g/mol. The van der Waals surface area contributed by atoms with Crippen LogP contribution in [-0.4, -0.2) is 31.4 Å². The third-order valence-electron chi connectivity index (χ3n) is 4.11. The fourth-order valence-corrected chi connectivity index (χ4v) is 2.78. The maximum atomic E-state index is 10.6. The van der Waals surface area contributed by atoms with Crippen molar-refractivity contribution in [3.63, 3.8) is 0 Å². The molecule has 3 atom stereocenters. The number of carbonyl (C=O) groups is 1. The Kier molecular flexibility index (Phi) is 6.81. The predicted octanol–water partition coefficient (Wildman–Crippen LogP) is 3.24. The van der Waals surface area contributed by atoms with E-state index in [2.05, 4.69) is 0 Å². The number of carbonyl (C=O) groups excluding carboxylic acids is 1. The van der Waals surface area contributed by atoms with E-state index in [-0.39, 0.29) is 18.8 Å². The monoisotopic (exact) mass is 354 g/mol. The Bertz CT molecular complexity index is 686. The first-order valence-electron chi connectivity index (χ1n) is 8.55. The van der Waals surface area contributed by atoms with Gasteiger partial charge in [-0.15, -0.1) is 0 Å². The summed E-state index contributed by atoms with van der Waals surface area (Å²) in [4.78, 5) is 10.6. The third-order valence-corrected chi connectivity index (χ3v) is 4.11. The van der Waals surface area contributed by atoms with Crippen LogP contribution in [0.3, 0.4) is 0 Å². The first-order chi connectivity index (χ1) is 12.9. The SMILES string of the molecule is O=COC[C@H]1OC=C[C@@H](OCc2ccccc2)[C@@H]1OCc1ccccc1. The summed E-state index contributed by atoms with van der Waals surface area (Å²) in [5, 5.41) is 0. The molecule has 26 heavy (non-hydrogen) atoms. The van der Waals surface area contributed by atoms with Gasteiger partial charge in [0.25, 0.3) is 6.47 Å². The molecule has 1 heterocycles. The summed E-state index contributed by atoms with van der Waals surface area (Å²) >= 11 is 0. The zero-order chi connectivity index (χ0) is 18.0. The van der Waals surface area contributed by atoms with Crippen LogP contribution < -0.4 is 0 Å². The molecule has 5 heteroatoms. The van der Waals surface area contributed by atoms with E-state index in [4.69, 9.17) is 18.9 Å². The van der Waals surface area contributed by atoms with Gasteiger partial charge in [0.1, 0.15) is 18.8 Å². The molecular formula is C21H22O5. The highest BCUT2D eigenvalue weighted by Gasteiger charge is 2.34. The molecule has 0 N–H and O–H groups in total. The molecule has 0 saturated heterocycles. The lowest BCUT2D eigenvalue weighted by Gasteiger charge is -2.34. The second-order valence-corrected chi connectivity index (χ2v) is 5.96. The average molecular weight is 354 g/mol. The van der Waals surface area contributed by atoms with E-state index in [0.717, 1.165) is 11.1 Å². The molecule has 0 unspecified atom stereocenters. The van der Waals surface area contributed by atoms with Crippen molar-refractivity contribution in [2.45, 2.75) is 31.5 Å². The van der Waals surface area contributed by atoms with E-state index >= 15 is 0 Å². The van der Waals surface area contributed by atoms with Gasteiger partial charge in [0.15, 0.2) is 6.10 Å². The van der Waals surface area contributed by atoms with Crippen LogP contribution in [0.5, 0.6) is 0 Å². The number of ether oxygens (including phenoxy) is 4. The number of hydrogen-bond acceptors (Lipinski definition) is 5. The average Bonchev–Trinajstić information content (AvgIpc) is 2.71. The van der Waals surface area contributed by atoms with Gasteiger partial charge in [-0.1, -0.05) is 60.7 Å². The number of rotatable bonds is 9. The minimum atomic E-state index is -0.422. The van der Waals surface area contributed by atoms with Crippen molar-refractivity contribution in [2.75, 3.05) is 6.61 Å². The van der Waals surface area contributed by atoms with Gasteiger partial charge in [0, 0.05) is 0 Å². The second kappa shape index (κ2) is 9.75. The molecule has 0 aromatic heterocycles. The molecule has 0 fully saturated rings. The van der Waals surface area contributed by atoms with Gasteiger partial charge in [0.05, 0.1) is 19.5 Å². The summed E-state index contributed by atoms with van der Waals surface area (Å²) in [5.74, 6) is 0. The van der Waals surface area contributed by atoms with Gasteiger partial charge < -0.3 is 18.9 Å². The molecule has 0 spiro atoms. The first-order valence-corrected chi connectivity index (χ1v) is 8.55. The van der Waals surface area contributed by atoms with Crippen LogP contribution in [0, 0.1) is 0 Å². The van der Waals surface area contributed by atoms with Gasteiger partial charge >= 0.3 is 0 Å². The summed E-state index contributed by atoms with van der Waals surface area (Å²) in [5.41, 5.74) is 2.13. The number of hydrogen-bond donors (Lipinski definition) is 0. The Morgan fingerprint density at radius 2 is 1.50 bits per heavy atom. The lowest BCUT2D eigenvalue weighted by atomic mass is 10.1. The fourth-order valence-electron chi connectivity index (χ4n) is 2.78. The normalized spacial score (nSPS) is 21.8. The van der Waals surface area contributed by atoms with Crippen LogP contribution in [0.4, 0.5) is 0 Å². The molecule has 1 aliphatic heterocycles. The van der Waals surface area contributed by atoms with Crippen LogP contribution >= 0.6 is 0 Å². The third kappa shape index (κ3) is 5.18. The summed E-state index contributed by atoms with van der Waals surface area (Å²) in [7, 11) is 0. The van der Waals surface area contributed by atoms with Crippen molar-refractivity contribution in [1.82, 2.24) is 0 Å². The van der Waals surface area contributed by atoms with Crippen molar-refractivity contribution in [3.05, 3.63) is 84.1 Å². The standard InChI is InChI=1S/C21H22O5/c22-16-23-15-20-21(26-14-18-9-5-2-6-10-18)19(11-12-24-20)25-13-17-7-3-1-4-8-17/h1-12,16,19-21H,13-15H2/t19-,20-,21+/m1/s1. The summed E-state index contributed by atoms with van der Waals surface area (Å²) < 4.78 is 22.6. The van der Waals surface area contributed by atoms with E-state index in [0.29, 0.717) is 19.7 Å². The molecule has 0 radical (unpaired) electrons. The topological polar surface area (TPSA) is 54.0 Å². The van der Waals surface area contributed by atoms with Crippen LogP contribution in [-0.2, 0) is 37.0 Å². The molecule has 0 aliphatic carbocycles. The van der Waals surface area contributed by atoms with E-state index in [1.54, 1.807) is 6.26 Å². The van der Waals surface area contributed by atoms with Crippen LogP contribution in [0.1, 0.15) is 11.1 Å². The van der Waals surface area contributed by atoms with Crippen molar-refractivity contribution in [3.8, 4) is 0 Å². The van der Waals surface area contributed by atoms with Crippen molar-refractivity contribution >= 4 is 6.47 Å². The quantitative estimate of drug-likeness (QED) is 0.647. The van der Waals surface area contributed by atoms with E-state index in [9.17, 15) is 4.79 Å². The van der Waals surface area contributed by atoms with Crippen LogP contribution in [0.25, 0.3) is 0 Å². The Labute approximate surface area is 153 Å². The minimum Gasteiger partial charge on any atom is -0.492 e. The Hall–Kier alpha value is -2.63. The molecule has 1 aliphatic rings. The molecule has 5 nitrogen and oxygen atoms in total. The van der Waals surface area contributed by atoms with Gasteiger partial charge in [0.2, 0.25) is 0 Å². The van der Waals surface area contributed by atoms with E-state index in [1.165, 1.54) is 0 Å². The predicted molar refractivity (Wildman–Crippen MR) is 96.1 cm³/mol. The van der Waals surface area contributed by atoms with Gasteiger partial charge in [-0.3, -0.25) is 4.79 Å². The minimum absolute atomic E-state index is 0.110. The van der Waals surface area contributed by atoms with Crippen molar-refractivity contribution in [1.29, 1.82) is 0 Å². The molecule has 0 bridgehead atoms. The largest absolute Gasteiger partial charge is 0.492 e. The van der Waals surface area contributed by atoms with Crippen molar-refractivity contribution in [2.24, 2.45) is 0 Å². The van der Waals surface area contributed by atoms with E-state index in [1.807, 2.05) is 66.7 Å². The summed E-state index contributed by atoms with van der Waals surface area (Å²) in [6, 6.07) is 19.8. The molecule has 3 rings (SSSR count). The zero-order valence-electron chi connectivity index (χ0n) is 14.4. The van der Waals surface area contributed by atoms with Gasteiger partial charge in [-0.25, -0.2) is 0 Å². The Morgan fingerprint density at radius 3 is 2.12 bits per heavy atom. The summed E-state index contributed by atoms with van der Waals surface area (Å²) in [6.07, 6.45) is 2.30. The fraction of sp³-hybridized carbons (Fsp3) is 0.286. The van der Waals surface area contributed by atoms with Gasteiger partial charge in [-0.2, -0.15) is 0 Å². The van der Waals surface area contributed by atoms with Crippen LogP contribution in [0.15, 0.2) is 73.0 Å². The highest BCUT2D eigenvalue weighted by molar-refractivity contribution is 5.37. The lowest BCUT2D eigenvalue weighted by molar-refractivity contribution is -0.154. The first kappa shape index (κ1) is 18.2. The maximum Gasteiger partial charge on any atom is 0.293 e. The molecule has 0 amide bonds. The van der Waals surface area contributed by atoms with Crippen LogP contribution in [0.2, 0.25) is 0 Å². The zero-order valence-corrected chi connectivity index (χ0v) is 14.4. The maximum absolute atomic E-state index is 10.6. The molecule has 2 aromatic carbocycles. The molecule has 136 valence electrons. The van der Waals surface area contributed by atoms with Gasteiger partial charge in [-0.05, 0) is 17.2 Å². The van der Waals surface area contributed by atoms with Crippen molar-refractivity contribution < 1.29 is 23.7 Å².